The fourth-order valence-corrected chi connectivity index (χ4v) is 2.67. The molecule has 0 saturated heterocycles. The van der Waals surface area contributed by atoms with Crippen LogP contribution in [0.5, 0.6) is 0 Å². The first-order chi connectivity index (χ1) is 15.1. The highest BCUT2D eigenvalue weighted by atomic mass is 16.5. The number of benzene rings is 2. The maximum atomic E-state index is 12.9. The standard InChI is InChI=1S/C24H21N3O4/c1-2-31-24(30)19-8-10-20(11-9-19)26-23(29)21(16-17-12-14-25-15-13-17)27-22(28)18-6-4-3-5-7-18/h3-16H,2H2,1H3,(H,26,29)(H,27,28)/b21-16-. The summed E-state index contributed by atoms with van der Waals surface area (Å²) in [5, 5.41) is 5.39. The second-order valence-electron chi connectivity index (χ2n) is 6.41. The van der Waals surface area contributed by atoms with E-state index in [9.17, 15) is 14.4 Å². The van der Waals surface area contributed by atoms with E-state index in [1.54, 1.807) is 92.1 Å². The van der Waals surface area contributed by atoms with Gasteiger partial charge in [0.2, 0.25) is 0 Å². The van der Waals surface area contributed by atoms with Crippen LogP contribution in [0.4, 0.5) is 5.69 Å². The second-order valence-corrected chi connectivity index (χ2v) is 6.41. The minimum atomic E-state index is -0.509. The van der Waals surface area contributed by atoms with Crippen LogP contribution in [0.3, 0.4) is 0 Å². The van der Waals surface area contributed by atoms with Gasteiger partial charge in [0.05, 0.1) is 12.2 Å². The molecule has 1 heterocycles. The van der Waals surface area contributed by atoms with Crippen LogP contribution in [0.1, 0.15) is 33.2 Å². The second kappa shape index (κ2) is 10.5. The van der Waals surface area contributed by atoms with Gasteiger partial charge in [-0.05, 0) is 67.1 Å². The van der Waals surface area contributed by atoms with Gasteiger partial charge in [-0.15, -0.1) is 0 Å². The number of carbonyl (C=O) groups excluding carboxylic acids is 3. The summed E-state index contributed by atoms with van der Waals surface area (Å²) in [5.41, 5.74) is 2.04. The molecular weight excluding hydrogens is 394 g/mol. The summed E-state index contributed by atoms with van der Waals surface area (Å²) < 4.78 is 4.95. The molecule has 0 aliphatic heterocycles. The number of amides is 2. The Balaban J connectivity index is 1.80. The third kappa shape index (κ3) is 6.11. The van der Waals surface area contributed by atoms with Gasteiger partial charge in [0.15, 0.2) is 0 Å². The number of aromatic nitrogens is 1. The van der Waals surface area contributed by atoms with Crippen LogP contribution in [-0.4, -0.2) is 29.4 Å². The zero-order chi connectivity index (χ0) is 22.1. The van der Waals surface area contributed by atoms with Gasteiger partial charge in [-0.3, -0.25) is 14.6 Å². The molecule has 0 aliphatic carbocycles. The Morgan fingerprint density at radius 3 is 2.23 bits per heavy atom. The summed E-state index contributed by atoms with van der Waals surface area (Å²) in [5.74, 6) is -1.35. The lowest BCUT2D eigenvalue weighted by Gasteiger charge is -2.12. The van der Waals surface area contributed by atoms with Crippen LogP contribution in [0.25, 0.3) is 6.08 Å². The normalized spacial score (nSPS) is 10.8. The Bertz CT molecular complexity index is 1080. The van der Waals surface area contributed by atoms with Gasteiger partial charge in [-0.2, -0.15) is 0 Å². The number of esters is 1. The predicted molar refractivity (Wildman–Crippen MR) is 117 cm³/mol. The number of rotatable bonds is 7. The molecule has 2 N–H and O–H groups in total. The SMILES string of the molecule is CCOC(=O)c1ccc(NC(=O)/C(=C/c2ccncc2)NC(=O)c2ccccc2)cc1. The van der Waals surface area contributed by atoms with Crippen LogP contribution in [0, 0.1) is 0 Å². The lowest BCUT2D eigenvalue weighted by molar-refractivity contribution is -0.113. The fraction of sp³-hybridized carbons (Fsp3) is 0.0833. The van der Waals surface area contributed by atoms with Gasteiger partial charge in [0.25, 0.3) is 11.8 Å². The first kappa shape index (κ1) is 21.4. The van der Waals surface area contributed by atoms with Crippen LogP contribution in [0.2, 0.25) is 0 Å². The molecule has 0 atom stereocenters. The number of hydrogen-bond acceptors (Lipinski definition) is 5. The molecule has 3 aromatic rings. The Morgan fingerprint density at radius 2 is 1.58 bits per heavy atom. The molecule has 1 aromatic heterocycles. The molecule has 3 rings (SSSR count). The number of ether oxygens (including phenoxy) is 1. The fourth-order valence-electron chi connectivity index (χ4n) is 2.67. The van der Waals surface area contributed by atoms with Crippen LogP contribution < -0.4 is 10.6 Å². The summed E-state index contributed by atoms with van der Waals surface area (Å²) in [7, 11) is 0. The molecule has 0 radical (unpaired) electrons. The highest BCUT2D eigenvalue weighted by Gasteiger charge is 2.15. The number of hydrogen-bond donors (Lipinski definition) is 2. The number of anilines is 1. The number of nitrogens with zero attached hydrogens (tertiary/aromatic N) is 1. The lowest BCUT2D eigenvalue weighted by Crippen LogP contribution is -2.30. The number of pyridine rings is 1. The zero-order valence-corrected chi connectivity index (χ0v) is 16.9. The van der Waals surface area contributed by atoms with E-state index in [0.717, 1.165) is 0 Å². The largest absolute Gasteiger partial charge is 0.462 e. The van der Waals surface area contributed by atoms with E-state index < -0.39 is 17.8 Å². The molecule has 0 saturated carbocycles. The van der Waals surface area contributed by atoms with Gasteiger partial charge in [0.1, 0.15) is 5.70 Å². The first-order valence-corrected chi connectivity index (χ1v) is 9.63. The van der Waals surface area contributed by atoms with E-state index in [-0.39, 0.29) is 12.3 Å². The molecule has 2 aromatic carbocycles. The zero-order valence-electron chi connectivity index (χ0n) is 16.9. The Kier molecular flexibility index (Phi) is 7.26. The summed E-state index contributed by atoms with van der Waals surface area (Å²) >= 11 is 0. The van der Waals surface area contributed by atoms with E-state index in [4.69, 9.17) is 4.74 Å². The Morgan fingerprint density at radius 1 is 0.903 bits per heavy atom. The summed E-state index contributed by atoms with van der Waals surface area (Å²) in [6.45, 7) is 2.01. The molecule has 0 spiro atoms. The van der Waals surface area contributed by atoms with Crippen molar-refractivity contribution >= 4 is 29.5 Å². The van der Waals surface area contributed by atoms with Gasteiger partial charge < -0.3 is 15.4 Å². The van der Waals surface area contributed by atoms with Gasteiger partial charge in [-0.1, -0.05) is 18.2 Å². The smallest absolute Gasteiger partial charge is 0.338 e. The third-order valence-electron chi connectivity index (χ3n) is 4.20. The first-order valence-electron chi connectivity index (χ1n) is 9.63. The molecule has 31 heavy (non-hydrogen) atoms. The minimum absolute atomic E-state index is 0.0644. The average molecular weight is 415 g/mol. The minimum Gasteiger partial charge on any atom is -0.462 e. The van der Waals surface area contributed by atoms with Crippen LogP contribution in [-0.2, 0) is 9.53 Å². The van der Waals surface area contributed by atoms with Gasteiger partial charge in [0, 0.05) is 23.6 Å². The Hall–Kier alpha value is -4.26. The monoisotopic (exact) mass is 415 g/mol. The predicted octanol–water partition coefficient (Wildman–Crippen LogP) is 3.67. The van der Waals surface area contributed by atoms with Crippen molar-refractivity contribution in [2.24, 2.45) is 0 Å². The van der Waals surface area contributed by atoms with E-state index in [1.807, 2.05) is 0 Å². The Labute approximate surface area is 179 Å². The van der Waals surface area contributed by atoms with Crippen molar-refractivity contribution in [2.75, 3.05) is 11.9 Å². The summed E-state index contributed by atoms with van der Waals surface area (Å²) in [6, 6.07) is 18.3. The number of nitrogens with one attached hydrogen (secondary N) is 2. The highest BCUT2D eigenvalue weighted by molar-refractivity contribution is 6.10. The van der Waals surface area contributed by atoms with E-state index in [0.29, 0.717) is 22.4 Å². The number of carbonyl (C=O) groups is 3. The van der Waals surface area contributed by atoms with E-state index >= 15 is 0 Å². The van der Waals surface area contributed by atoms with Crippen LogP contribution in [0.15, 0.2) is 84.8 Å². The van der Waals surface area contributed by atoms with Gasteiger partial charge >= 0.3 is 5.97 Å². The molecule has 0 unspecified atom stereocenters. The van der Waals surface area contributed by atoms with E-state index in [2.05, 4.69) is 15.6 Å². The van der Waals surface area contributed by atoms with Crippen molar-refractivity contribution in [3.05, 3.63) is 102 Å². The maximum Gasteiger partial charge on any atom is 0.338 e. The van der Waals surface area contributed by atoms with Crippen molar-refractivity contribution < 1.29 is 19.1 Å². The third-order valence-corrected chi connectivity index (χ3v) is 4.20. The maximum absolute atomic E-state index is 12.9. The molecule has 0 aliphatic rings. The topological polar surface area (TPSA) is 97.4 Å². The average Bonchev–Trinajstić information content (AvgIpc) is 2.80. The summed E-state index contributed by atoms with van der Waals surface area (Å²) in [6.07, 6.45) is 4.74. The molecule has 156 valence electrons. The molecule has 7 heteroatoms. The quantitative estimate of drug-likeness (QED) is 0.453. The lowest BCUT2D eigenvalue weighted by atomic mass is 10.1. The van der Waals surface area contributed by atoms with Crippen molar-refractivity contribution in [3.8, 4) is 0 Å². The molecule has 0 bridgehead atoms. The summed E-state index contributed by atoms with van der Waals surface area (Å²) in [4.78, 5) is 41.2. The van der Waals surface area contributed by atoms with Crippen LogP contribution >= 0.6 is 0 Å². The van der Waals surface area contributed by atoms with Gasteiger partial charge in [-0.25, -0.2) is 4.79 Å². The van der Waals surface area contributed by atoms with E-state index in [1.165, 1.54) is 0 Å². The highest BCUT2D eigenvalue weighted by Crippen LogP contribution is 2.13. The molecule has 2 amide bonds. The van der Waals surface area contributed by atoms with Crippen molar-refractivity contribution in [2.45, 2.75) is 6.92 Å². The molecular formula is C24H21N3O4. The van der Waals surface area contributed by atoms with Crippen molar-refractivity contribution in [1.82, 2.24) is 10.3 Å². The van der Waals surface area contributed by atoms with Crippen molar-refractivity contribution in [3.63, 3.8) is 0 Å². The van der Waals surface area contributed by atoms with Crippen molar-refractivity contribution in [1.29, 1.82) is 0 Å². The molecule has 7 nitrogen and oxygen atoms in total. The molecule has 0 fully saturated rings.